The molecule has 2 fully saturated rings. The van der Waals surface area contributed by atoms with Crippen molar-refractivity contribution in [3.8, 4) is 0 Å². The average Bonchev–Trinajstić information content (AvgIpc) is 3.51. The van der Waals surface area contributed by atoms with Crippen LogP contribution in [0.5, 0.6) is 0 Å². The first-order valence-corrected chi connectivity index (χ1v) is 16.3. The summed E-state index contributed by atoms with van der Waals surface area (Å²) in [6, 6.07) is -0.0835. The van der Waals surface area contributed by atoms with Crippen molar-refractivity contribution >= 4 is 42.3 Å². The third-order valence-corrected chi connectivity index (χ3v) is 9.13. The van der Waals surface area contributed by atoms with Crippen molar-refractivity contribution in [2.45, 2.75) is 77.2 Å². The van der Waals surface area contributed by atoms with Gasteiger partial charge in [0.15, 0.2) is 0 Å². The summed E-state index contributed by atoms with van der Waals surface area (Å²) in [5.41, 5.74) is 4.68. The Morgan fingerprint density at radius 1 is 1.24 bits per heavy atom. The standard InChI is InChI=1S/C24H35F3N6O3Si/c1-15-5-6-18(23(7-8-23)24(25,26)27)32(13-15)22(35)21(34)31-17-12-29-20(28)16-11-30-33(19(16)17)14-36-9-10-37(2,3)4/h11-12,15,18H,5-10,13-14H2,1-4H3,(H2,28,29)(H,31,34)/t15-,18+/m0/s1. The summed E-state index contributed by atoms with van der Waals surface area (Å²) in [6.07, 6.45) is -0.873. The molecule has 2 amide bonds. The van der Waals surface area contributed by atoms with Gasteiger partial charge in [-0.15, -0.1) is 0 Å². The fourth-order valence-electron chi connectivity index (χ4n) is 5.04. The van der Waals surface area contributed by atoms with Crippen molar-refractivity contribution in [3.05, 3.63) is 12.4 Å². The van der Waals surface area contributed by atoms with Crippen LogP contribution in [0.15, 0.2) is 12.4 Å². The van der Waals surface area contributed by atoms with Crippen LogP contribution in [-0.2, 0) is 21.1 Å². The van der Waals surface area contributed by atoms with E-state index < -0.39 is 37.5 Å². The second kappa shape index (κ2) is 9.90. The minimum absolute atomic E-state index is 0.00308. The van der Waals surface area contributed by atoms with Crippen LogP contribution in [0.4, 0.5) is 24.7 Å². The minimum Gasteiger partial charge on any atom is -0.383 e. The third-order valence-electron chi connectivity index (χ3n) is 7.43. The smallest absolute Gasteiger partial charge is 0.383 e. The molecule has 204 valence electrons. The van der Waals surface area contributed by atoms with Gasteiger partial charge in [-0.1, -0.05) is 26.6 Å². The molecule has 0 unspecified atom stereocenters. The Balaban J connectivity index is 1.54. The number of likely N-dealkylation sites (tertiary alicyclic amines) is 1. The molecule has 1 saturated heterocycles. The van der Waals surface area contributed by atoms with E-state index in [1.165, 1.54) is 17.1 Å². The number of ether oxygens (including phenoxy) is 1. The zero-order valence-corrected chi connectivity index (χ0v) is 22.7. The Morgan fingerprint density at radius 2 is 1.95 bits per heavy atom. The highest BCUT2D eigenvalue weighted by atomic mass is 28.3. The fourth-order valence-corrected chi connectivity index (χ4v) is 5.80. The molecule has 2 atom stereocenters. The Bertz CT molecular complexity index is 1170. The molecule has 2 aromatic rings. The molecule has 2 aliphatic rings. The molecule has 0 bridgehead atoms. The van der Waals surface area contributed by atoms with Crippen molar-refractivity contribution in [1.29, 1.82) is 0 Å². The van der Waals surface area contributed by atoms with E-state index in [4.69, 9.17) is 10.5 Å². The molecule has 0 aromatic carbocycles. The molecule has 1 aliphatic carbocycles. The first kappa shape index (κ1) is 27.4. The molecule has 0 radical (unpaired) electrons. The number of rotatable bonds is 7. The molecule has 3 N–H and O–H groups in total. The molecule has 37 heavy (non-hydrogen) atoms. The SMILES string of the molecule is C[C@H]1CC[C@H](C2(C(F)(F)F)CC2)N(C(=O)C(=O)Nc2cnc(N)c3cnn(COCC[Si](C)(C)C)c23)C1. The second-order valence-electron chi connectivity index (χ2n) is 11.6. The molecule has 1 aliphatic heterocycles. The van der Waals surface area contributed by atoms with Crippen LogP contribution in [0.3, 0.4) is 0 Å². The number of hydrogen-bond donors (Lipinski definition) is 2. The van der Waals surface area contributed by atoms with Crippen molar-refractivity contribution in [2.75, 3.05) is 24.2 Å². The lowest BCUT2D eigenvalue weighted by atomic mass is 9.83. The Kier molecular flexibility index (Phi) is 7.32. The van der Waals surface area contributed by atoms with Crippen LogP contribution in [0.2, 0.25) is 25.7 Å². The van der Waals surface area contributed by atoms with Gasteiger partial charge in [0.25, 0.3) is 0 Å². The van der Waals surface area contributed by atoms with Gasteiger partial charge in [-0.2, -0.15) is 18.3 Å². The zero-order valence-electron chi connectivity index (χ0n) is 21.7. The maximum Gasteiger partial charge on any atom is 0.396 e. The lowest BCUT2D eigenvalue weighted by molar-refractivity contribution is -0.210. The van der Waals surface area contributed by atoms with Crippen LogP contribution in [0, 0.1) is 11.3 Å². The van der Waals surface area contributed by atoms with E-state index in [1.54, 1.807) is 0 Å². The molecule has 4 rings (SSSR count). The van der Waals surface area contributed by atoms with E-state index in [1.807, 2.05) is 6.92 Å². The van der Waals surface area contributed by atoms with E-state index in [-0.39, 0.29) is 50.0 Å². The van der Waals surface area contributed by atoms with Gasteiger partial charge in [-0.3, -0.25) is 9.59 Å². The number of alkyl halides is 3. The summed E-state index contributed by atoms with van der Waals surface area (Å²) in [5.74, 6) is -1.80. The van der Waals surface area contributed by atoms with Crippen molar-refractivity contribution < 1.29 is 27.5 Å². The van der Waals surface area contributed by atoms with Crippen LogP contribution in [0.25, 0.3) is 10.9 Å². The lowest BCUT2D eigenvalue weighted by Crippen LogP contribution is -2.56. The van der Waals surface area contributed by atoms with Crippen molar-refractivity contribution in [1.82, 2.24) is 19.7 Å². The maximum atomic E-state index is 13.9. The number of nitrogen functional groups attached to an aromatic ring is 1. The first-order valence-electron chi connectivity index (χ1n) is 12.6. The number of anilines is 2. The number of amides is 2. The number of halogens is 3. The number of pyridine rings is 1. The van der Waals surface area contributed by atoms with E-state index >= 15 is 0 Å². The van der Waals surface area contributed by atoms with Crippen LogP contribution in [0.1, 0.15) is 32.6 Å². The Morgan fingerprint density at radius 3 is 2.57 bits per heavy atom. The molecular formula is C24H35F3N6O3Si. The number of piperidine rings is 1. The van der Waals surface area contributed by atoms with Crippen LogP contribution in [-0.4, -0.2) is 64.9 Å². The summed E-state index contributed by atoms with van der Waals surface area (Å²) in [7, 11) is -1.29. The monoisotopic (exact) mass is 540 g/mol. The normalized spacial score (nSPS) is 21.8. The number of fused-ring (bicyclic) bond motifs is 1. The zero-order chi connectivity index (χ0) is 27.2. The largest absolute Gasteiger partial charge is 0.396 e. The fraction of sp³-hybridized carbons (Fsp3) is 0.667. The van der Waals surface area contributed by atoms with Gasteiger partial charge in [0.2, 0.25) is 0 Å². The predicted octanol–water partition coefficient (Wildman–Crippen LogP) is 4.23. The lowest BCUT2D eigenvalue weighted by Gasteiger charge is -2.43. The van der Waals surface area contributed by atoms with Gasteiger partial charge < -0.3 is 20.7 Å². The molecule has 1 saturated carbocycles. The van der Waals surface area contributed by atoms with E-state index in [0.717, 1.165) is 10.9 Å². The molecule has 0 spiro atoms. The average molecular weight is 541 g/mol. The summed E-state index contributed by atoms with van der Waals surface area (Å²) in [4.78, 5) is 31.6. The third kappa shape index (κ3) is 5.61. The highest BCUT2D eigenvalue weighted by molar-refractivity contribution is 6.76. The van der Waals surface area contributed by atoms with Crippen LogP contribution < -0.4 is 11.1 Å². The van der Waals surface area contributed by atoms with Gasteiger partial charge in [-0.25, -0.2) is 9.67 Å². The summed E-state index contributed by atoms with van der Waals surface area (Å²) in [6.45, 7) is 9.35. The Hall–Kier alpha value is -2.67. The van der Waals surface area contributed by atoms with Crippen LogP contribution >= 0.6 is 0 Å². The second-order valence-corrected chi connectivity index (χ2v) is 17.2. The van der Waals surface area contributed by atoms with Gasteiger partial charge >= 0.3 is 18.0 Å². The predicted molar refractivity (Wildman–Crippen MR) is 136 cm³/mol. The van der Waals surface area contributed by atoms with E-state index in [9.17, 15) is 22.8 Å². The molecular weight excluding hydrogens is 505 g/mol. The van der Waals surface area contributed by atoms with Gasteiger partial charge in [0, 0.05) is 27.3 Å². The topological polar surface area (TPSA) is 115 Å². The molecule has 13 heteroatoms. The van der Waals surface area contributed by atoms with E-state index in [0.29, 0.717) is 23.9 Å². The number of nitrogens with two attached hydrogens (primary N) is 1. The van der Waals surface area contributed by atoms with Crippen molar-refractivity contribution in [3.63, 3.8) is 0 Å². The number of nitrogens with one attached hydrogen (secondary N) is 1. The number of carbonyl (C=O) groups is 2. The highest BCUT2D eigenvalue weighted by Crippen LogP contribution is 2.62. The highest BCUT2D eigenvalue weighted by Gasteiger charge is 2.69. The summed E-state index contributed by atoms with van der Waals surface area (Å²) in [5, 5.41) is 7.32. The number of aromatic nitrogens is 3. The number of hydrogen-bond acceptors (Lipinski definition) is 6. The summed E-state index contributed by atoms with van der Waals surface area (Å²) < 4.78 is 49.0. The van der Waals surface area contributed by atoms with Gasteiger partial charge in [0.05, 0.1) is 34.4 Å². The number of nitrogens with zero attached hydrogens (tertiary/aromatic N) is 4. The van der Waals surface area contributed by atoms with Crippen molar-refractivity contribution in [2.24, 2.45) is 11.3 Å². The molecule has 3 heterocycles. The summed E-state index contributed by atoms with van der Waals surface area (Å²) >= 11 is 0. The quantitative estimate of drug-likeness (QED) is 0.309. The molecule has 2 aromatic heterocycles. The Labute approximate surface area is 214 Å². The molecule has 9 nitrogen and oxygen atoms in total. The van der Waals surface area contributed by atoms with E-state index in [2.05, 4.69) is 35.0 Å². The van der Waals surface area contributed by atoms with Gasteiger partial charge in [-0.05, 0) is 37.6 Å². The maximum absolute atomic E-state index is 13.9. The first-order chi connectivity index (χ1) is 17.2. The van der Waals surface area contributed by atoms with Gasteiger partial charge in [0.1, 0.15) is 12.5 Å². The minimum atomic E-state index is -4.43. The number of carbonyl (C=O) groups excluding carboxylic acids is 2.